The molecular weight excluding hydrogens is 418 g/mol. The summed E-state index contributed by atoms with van der Waals surface area (Å²) >= 11 is 0. The highest BCUT2D eigenvalue weighted by Crippen LogP contribution is 2.38. The number of furan rings is 1. The number of fused-ring (bicyclic) bond motifs is 4. The zero-order chi connectivity index (χ0) is 23.4. The first-order valence-electron chi connectivity index (χ1n) is 11.9. The van der Waals surface area contributed by atoms with Gasteiger partial charge in [-0.3, -0.25) is 4.57 Å². The lowest BCUT2D eigenvalue weighted by Gasteiger charge is -2.16. The van der Waals surface area contributed by atoms with Gasteiger partial charge in [-0.15, -0.1) is 0 Å². The second-order valence-corrected chi connectivity index (χ2v) is 9.50. The van der Waals surface area contributed by atoms with Crippen molar-refractivity contribution in [3.05, 3.63) is 90.1 Å². The molecular formula is C30H27N3O. The Kier molecular flexibility index (Phi) is 4.77. The minimum atomic E-state index is 0.341. The molecule has 0 aliphatic rings. The highest BCUT2D eigenvalue weighted by molar-refractivity contribution is 6.08. The Balaban J connectivity index is 1.69. The van der Waals surface area contributed by atoms with Crippen LogP contribution in [-0.4, -0.2) is 14.5 Å². The van der Waals surface area contributed by atoms with Gasteiger partial charge in [-0.1, -0.05) is 70.2 Å². The maximum atomic E-state index is 6.43. The van der Waals surface area contributed by atoms with Crippen molar-refractivity contribution in [3.63, 3.8) is 0 Å². The van der Waals surface area contributed by atoms with Crippen molar-refractivity contribution in [2.45, 2.75) is 39.5 Å². The zero-order valence-corrected chi connectivity index (χ0v) is 19.9. The molecule has 0 saturated heterocycles. The average molecular weight is 446 g/mol. The molecule has 0 saturated carbocycles. The first kappa shape index (κ1) is 20.7. The van der Waals surface area contributed by atoms with E-state index in [1.165, 1.54) is 5.56 Å². The number of hydrogen-bond acceptors (Lipinski definition) is 3. The van der Waals surface area contributed by atoms with E-state index in [4.69, 9.17) is 14.4 Å². The molecule has 0 fully saturated rings. The van der Waals surface area contributed by atoms with E-state index in [-0.39, 0.29) is 0 Å². The maximum Gasteiger partial charge on any atom is 0.227 e. The largest absolute Gasteiger partial charge is 0.437 e. The van der Waals surface area contributed by atoms with Gasteiger partial charge in [0.2, 0.25) is 5.71 Å². The van der Waals surface area contributed by atoms with Crippen LogP contribution in [0.4, 0.5) is 0 Å². The molecule has 4 nitrogen and oxygen atoms in total. The van der Waals surface area contributed by atoms with E-state index in [0.717, 1.165) is 50.2 Å². The lowest BCUT2D eigenvalue weighted by atomic mass is 10.0. The summed E-state index contributed by atoms with van der Waals surface area (Å²) in [4.78, 5) is 9.92. The Labute approximate surface area is 198 Å². The first-order chi connectivity index (χ1) is 16.5. The summed E-state index contributed by atoms with van der Waals surface area (Å²) in [6.45, 7) is 8.76. The topological polar surface area (TPSA) is 43.9 Å². The molecule has 0 amide bonds. The third-order valence-corrected chi connectivity index (χ3v) is 6.58. The standard InChI is InChI=1S/C30H27N3O/c1-18(2)20-10-5-7-14-26(20)33-27-15-8-6-13-25(27)31-29(33)23-12-9-11-21-22-16-17-24(19(3)4)32-30(22)34-28(21)23/h5-19H,1-4H3. The van der Waals surface area contributed by atoms with E-state index in [9.17, 15) is 0 Å². The Hall–Kier alpha value is -3.92. The second-order valence-electron chi connectivity index (χ2n) is 9.50. The van der Waals surface area contributed by atoms with Crippen LogP contribution in [0.1, 0.15) is 50.8 Å². The number of aromatic nitrogens is 3. The summed E-state index contributed by atoms with van der Waals surface area (Å²) < 4.78 is 8.71. The molecule has 0 unspecified atom stereocenters. The minimum Gasteiger partial charge on any atom is -0.437 e. The van der Waals surface area contributed by atoms with Gasteiger partial charge < -0.3 is 4.42 Å². The van der Waals surface area contributed by atoms with Crippen molar-refractivity contribution in [1.82, 2.24) is 14.5 Å². The highest BCUT2D eigenvalue weighted by Gasteiger charge is 2.21. The predicted octanol–water partition coefficient (Wildman–Crippen LogP) is 8.23. The summed E-state index contributed by atoms with van der Waals surface area (Å²) in [7, 11) is 0. The van der Waals surface area contributed by atoms with Crippen LogP contribution >= 0.6 is 0 Å². The zero-order valence-electron chi connectivity index (χ0n) is 19.9. The lowest BCUT2D eigenvalue weighted by molar-refractivity contribution is 0.648. The van der Waals surface area contributed by atoms with Gasteiger partial charge in [-0.2, -0.15) is 0 Å². The molecule has 0 spiro atoms. The Morgan fingerprint density at radius 1 is 0.706 bits per heavy atom. The van der Waals surface area contributed by atoms with E-state index in [1.54, 1.807) is 0 Å². The minimum absolute atomic E-state index is 0.341. The fraction of sp³-hybridized carbons (Fsp3) is 0.200. The van der Waals surface area contributed by atoms with E-state index >= 15 is 0 Å². The number of para-hydroxylation sites is 4. The van der Waals surface area contributed by atoms with Crippen LogP contribution in [0.15, 0.2) is 83.3 Å². The van der Waals surface area contributed by atoms with Gasteiger partial charge in [0.15, 0.2) is 0 Å². The van der Waals surface area contributed by atoms with Gasteiger partial charge in [0.25, 0.3) is 0 Å². The molecule has 6 rings (SSSR count). The lowest BCUT2D eigenvalue weighted by Crippen LogP contribution is -2.03. The summed E-state index contributed by atoms with van der Waals surface area (Å²) in [6, 6.07) is 27.4. The molecule has 3 aromatic carbocycles. The average Bonchev–Trinajstić information content (AvgIpc) is 3.41. The molecule has 0 N–H and O–H groups in total. The fourth-order valence-corrected chi connectivity index (χ4v) is 4.82. The summed E-state index contributed by atoms with van der Waals surface area (Å²) in [5, 5.41) is 2.09. The van der Waals surface area contributed by atoms with Crippen molar-refractivity contribution < 1.29 is 4.42 Å². The molecule has 6 aromatic rings. The molecule has 168 valence electrons. The molecule has 0 bridgehead atoms. The third-order valence-electron chi connectivity index (χ3n) is 6.58. The second kappa shape index (κ2) is 7.84. The number of nitrogens with zero attached hydrogens (tertiary/aromatic N) is 3. The predicted molar refractivity (Wildman–Crippen MR) is 140 cm³/mol. The van der Waals surface area contributed by atoms with Crippen LogP contribution in [0.25, 0.3) is 50.2 Å². The molecule has 0 aliphatic carbocycles. The van der Waals surface area contributed by atoms with E-state index in [2.05, 4.69) is 105 Å². The van der Waals surface area contributed by atoms with Gasteiger partial charge in [0.1, 0.15) is 11.4 Å². The summed E-state index contributed by atoms with van der Waals surface area (Å²) in [5.41, 5.74) is 7.98. The normalized spacial score (nSPS) is 12.1. The van der Waals surface area contributed by atoms with Crippen LogP contribution in [0.2, 0.25) is 0 Å². The smallest absolute Gasteiger partial charge is 0.227 e. The van der Waals surface area contributed by atoms with Gasteiger partial charge in [0, 0.05) is 16.5 Å². The van der Waals surface area contributed by atoms with Gasteiger partial charge in [-0.25, -0.2) is 9.97 Å². The summed E-state index contributed by atoms with van der Waals surface area (Å²) in [6.07, 6.45) is 0. The van der Waals surface area contributed by atoms with Crippen molar-refractivity contribution in [1.29, 1.82) is 0 Å². The van der Waals surface area contributed by atoms with Crippen molar-refractivity contribution in [2.24, 2.45) is 0 Å². The SMILES string of the molecule is CC(C)c1ccc2c(n1)oc1c(-c3nc4ccccc4n3-c3ccccc3C(C)C)cccc12. The molecule has 3 aromatic heterocycles. The number of rotatable bonds is 4. The molecule has 0 radical (unpaired) electrons. The van der Waals surface area contributed by atoms with Crippen LogP contribution in [0.5, 0.6) is 0 Å². The Morgan fingerprint density at radius 3 is 2.32 bits per heavy atom. The Bertz CT molecular complexity index is 1670. The highest BCUT2D eigenvalue weighted by atomic mass is 16.3. The van der Waals surface area contributed by atoms with Gasteiger partial charge in [-0.05, 0) is 53.8 Å². The van der Waals surface area contributed by atoms with Gasteiger partial charge in [0.05, 0.1) is 22.3 Å². The van der Waals surface area contributed by atoms with Crippen molar-refractivity contribution in [3.8, 4) is 17.1 Å². The number of imidazole rings is 1. The van der Waals surface area contributed by atoms with Crippen LogP contribution in [0.3, 0.4) is 0 Å². The van der Waals surface area contributed by atoms with Crippen molar-refractivity contribution >= 4 is 33.1 Å². The van der Waals surface area contributed by atoms with Crippen LogP contribution in [-0.2, 0) is 0 Å². The quantitative estimate of drug-likeness (QED) is 0.274. The number of hydrogen-bond donors (Lipinski definition) is 0. The third kappa shape index (κ3) is 3.13. The van der Waals surface area contributed by atoms with E-state index in [0.29, 0.717) is 17.5 Å². The monoisotopic (exact) mass is 445 g/mol. The first-order valence-corrected chi connectivity index (χ1v) is 11.9. The molecule has 0 atom stereocenters. The van der Waals surface area contributed by atoms with Gasteiger partial charge >= 0.3 is 0 Å². The number of benzene rings is 3. The molecule has 0 aliphatic heterocycles. The molecule has 3 heterocycles. The van der Waals surface area contributed by atoms with E-state index in [1.807, 2.05) is 6.07 Å². The Morgan fingerprint density at radius 2 is 1.50 bits per heavy atom. The van der Waals surface area contributed by atoms with Crippen molar-refractivity contribution in [2.75, 3.05) is 0 Å². The van der Waals surface area contributed by atoms with E-state index < -0.39 is 0 Å². The molecule has 34 heavy (non-hydrogen) atoms. The van der Waals surface area contributed by atoms with Crippen LogP contribution < -0.4 is 0 Å². The maximum absolute atomic E-state index is 6.43. The van der Waals surface area contributed by atoms with Crippen LogP contribution in [0, 0.1) is 0 Å². The summed E-state index contributed by atoms with van der Waals surface area (Å²) in [5.74, 6) is 1.60. The molecule has 4 heteroatoms. The number of pyridine rings is 1. The fourth-order valence-electron chi connectivity index (χ4n) is 4.82.